The van der Waals surface area contributed by atoms with Crippen LogP contribution in [0.4, 0.5) is 0 Å². The van der Waals surface area contributed by atoms with Crippen molar-refractivity contribution in [3.05, 3.63) is 46.6 Å². The van der Waals surface area contributed by atoms with Gasteiger partial charge in [0.2, 0.25) is 0 Å². The van der Waals surface area contributed by atoms with Crippen molar-refractivity contribution in [2.24, 2.45) is 0 Å². The SMILES string of the molecule is Clc1ccc(-c2cc3c([nH]2)CCNC3)cc1. The lowest BCUT2D eigenvalue weighted by molar-refractivity contribution is 0.638. The van der Waals surface area contributed by atoms with E-state index in [9.17, 15) is 0 Å². The van der Waals surface area contributed by atoms with E-state index in [1.807, 2.05) is 24.3 Å². The lowest BCUT2D eigenvalue weighted by Gasteiger charge is -2.11. The Morgan fingerprint density at radius 2 is 1.94 bits per heavy atom. The molecular formula is C13H13ClN2. The normalized spacial score (nSPS) is 14.8. The van der Waals surface area contributed by atoms with Gasteiger partial charge in [0.1, 0.15) is 0 Å². The van der Waals surface area contributed by atoms with Crippen LogP contribution >= 0.6 is 11.6 Å². The highest BCUT2D eigenvalue weighted by atomic mass is 35.5. The second-order valence-corrected chi connectivity index (χ2v) is 4.56. The summed E-state index contributed by atoms with van der Waals surface area (Å²) in [5.41, 5.74) is 5.13. The van der Waals surface area contributed by atoms with Gasteiger partial charge in [-0.25, -0.2) is 0 Å². The highest BCUT2D eigenvalue weighted by molar-refractivity contribution is 6.30. The molecule has 2 heterocycles. The molecule has 0 spiro atoms. The highest BCUT2D eigenvalue weighted by Crippen LogP contribution is 2.24. The zero-order chi connectivity index (χ0) is 11.0. The Kier molecular flexibility index (Phi) is 2.46. The van der Waals surface area contributed by atoms with E-state index in [4.69, 9.17) is 11.6 Å². The number of hydrogen-bond acceptors (Lipinski definition) is 1. The number of aromatic amines is 1. The molecule has 0 amide bonds. The maximum Gasteiger partial charge on any atom is 0.0459 e. The molecule has 0 unspecified atom stereocenters. The number of halogens is 1. The molecule has 0 radical (unpaired) electrons. The van der Waals surface area contributed by atoms with Gasteiger partial charge in [-0.05, 0) is 29.3 Å². The second-order valence-electron chi connectivity index (χ2n) is 4.12. The van der Waals surface area contributed by atoms with Crippen molar-refractivity contribution in [1.29, 1.82) is 0 Å². The van der Waals surface area contributed by atoms with Gasteiger partial charge in [-0.2, -0.15) is 0 Å². The summed E-state index contributed by atoms with van der Waals surface area (Å²) in [5.74, 6) is 0. The van der Waals surface area contributed by atoms with Crippen LogP contribution in [-0.4, -0.2) is 11.5 Å². The summed E-state index contributed by atoms with van der Waals surface area (Å²) in [6, 6.07) is 10.2. The van der Waals surface area contributed by atoms with E-state index in [0.717, 1.165) is 24.5 Å². The van der Waals surface area contributed by atoms with Crippen LogP contribution < -0.4 is 5.32 Å². The van der Waals surface area contributed by atoms with Gasteiger partial charge in [0.15, 0.2) is 0 Å². The van der Waals surface area contributed by atoms with Crippen molar-refractivity contribution in [2.75, 3.05) is 6.54 Å². The summed E-state index contributed by atoms with van der Waals surface area (Å²) >= 11 is 5.88. The molecule has 82 valence electrons. The van der Waals surface area contributed by atoms with Gasteiger partial charge in [0.25, 0.3) is 0 Å². The third kappa shape index (κ3) is 1.75. The summed E-state index contributed by atoms with van der Waals surface area (Å²) in [7, 11) is 0. The highest BCUT2D eigenvalue weighted by Gasteiger charge is 2.12. The van der Waals surface area contributed by atoms with Crippen LogP contribution in [0.3, 0.4) is 0 Å². The summed E-state index contributed by atoms with van der Waals surface area (Å²) in [5, 5.41) is 4.15. The van der Waals surface area contributed by atoms with Crippen LogP contribution in [0, 0.1) is 0 Å². The van der Waals surface area contributed by atoms with Crippen LogP contribution in [-0.2, 0) is 13.0 Å². The maximum atomic E-state index is 5.88. The molecule has 0 bridgehead atoms. The summed E-state index contributed by atoms with van der Waals surface area (Å²) < 4.78 is 0. The van der Waals surface area contributed by atoms with Crippen LogP contribution in [0.1, 0.15) is 11.3 Å². The number of H-pyrrole nitrogens is 1. The molecule has 0 atom stereocenters. The minimum absolute atomic E-state index is 0.779. The lowest BCUT2D eigenvalue weighted by Crippen LogP contribution is -2.22. The maximum absolute atomic E-state index is 5.88. The first-order chi connectivity index (χ1) is 7.83. The van der Waals surface area contributed by atoms with Gasteiger partial charge in [-0.1, -0.05) is 23.7 Å². The Hall–Kier alpha value is -1.25. The van der Waals surface area contributed by atoms with E-state index >= 15 is 0 Å². The Morgan fingerprint density at radius 3 is 2.69 bits per heavy atom. The molecule has 2 N–H and O–H groups in total. The standard InChI is InChI=1S/C13H13ClN2/c14-11-3-1-9(2-4-11)13-7-10-8-15-6-5-12(10)16-13/h1-4,7,15-16H,5-6,8H2. The van der Waals surface area contributed by atoms with Gasteiger partial charge in [-0.15, -0.1) is 0 Å². The van der Waals surface area contributed by atoms with Gasteiger partial charge in [0, 0.05) is 35.9 Å². The molecule has 1 aromatic carbocycles. The summed E-state index contributed by atoms with van der Waals surface area (Å²) in [4.78, 5) is 3.49. The molecular weight excluding hydrogens is 220 g/mol. The van der Waals surface area contributed by atoms with Gasteiger partial charge in [0.05, 0.1) is 0 Å². The van der Waals surface area contributed by atoms with E-state index in [1.165, 1.54) is 22.5 Å². The average Bonchev–Trinajstić information content (AvgIpc) is 2.73. The van der Waals surface area contributed by atoms with Crippen LogP contribution in [0.2, 0.25) is 5.02 Å². The summed E-state index contributed by atoms with van der Waals surface area (Å²) in [6.45, 7) is 2.03. The molecule has 3 heteroatoms. The Bertz CT molecular complexity index is 476. The zero-order valence-electron chi connectivity index (χ0n) is 8.89. The van der Waals surface area contributed by atoms with E-state index in [2.05, 4.69) is 16.4 Å². The van der Waals surface area contributed by atoms with E-state index in [0.29, 0.717) is 0 Å². The molecule has 16 heavy (non-hydrogen) atoms. The molecule has 2 aromatic rings. The smallest absolute Gasteiger partial charge is 0.0459 e. The average molecular weight is 233 g/mol. The van der Waals surface area contributed by atoms with Crippen molar-refractivity contribution < 1.29 is 0 Å². The molecule has 0 saturated carbocycles. The lowest BCUT2D eigenvalue weighted by atomic mass is 10.1. The molecule has 2 nitrogen and oxygen atoms in total. The molecule has 3 rings (SSSR count). The quantitative estimate of drug-likeness (QED) is 0.777. The minimum atomic E-state index is 0.779. The van der Waals surface area contributed by atoms with Crippen molar-refractivity contribution >= 4 is 11.6 Å². The number of rotatable bonds is 1. The first-order valence-electron chi connectivity index (χ1n) is 5.50. The van der Waals surface area contributed by atoms with E-state index in [1.54, 1.807) is 0 Å². The predicted molar refractivity (Wildman–Crippen MR) is 66.6 cm³/mol. The number of hydrogen-bond donors (Lipinski definition) is 2. The number of fused-ring (bicyclic) bond motifs is 1. The minimum Gasteiger partial charge on any atom is -0.358 e. The third-order valence-electron chi connectivity index (χ3n) is 3.01. The van der Waals surface area contributed by atoms with Crippen molar-refractivity contribution in [3.8, 4) is 11.3 Å². The number of nitrogens with one attached hydrogen (secondary N) is 2. The molecule has 1 aliphatic rings. The molecule has 0 fully saturated rings. The molecule has 0 saturated heterocycles. The summed E-state index contributed by atoms with van der Waals surface area (Å²) in [6.07, 6.45) is 1.09. The van der Waals surface area contributed by atoms with Crippen LogP contribution in [0.25, 0.3) is 11.3 Å². The largest absolute Gasteiger partial charge is 0.358 e. The Balaban J connectivity index is 2.00. The van der Waals surface area contributed by atoms with E-state index in [-0.39, 0.29) is 0 Å². The van der Waals surface area contributed by atoms with Crippen molar-refractivity contribution in [3.63, 3.8) is 0 Å². The fourth-order valence-corrected chi connectivity index (χ4v) is 2.27. The Morgan fingerprint density at radius 1 is 1.12 bits per heavy atom. The third-order valence-corrected chi connectivity index (χ3v) is 3.27. The first kappa shape index (κ1) is 9.94. The fraction of sp³-hybridized carbons (Fsp3) is 0.231. The van der Waals surface area contributed by atoms with Crippen LogP contribution in [0.15, 0.2) is 30.3 Å². The predicted octanol–water partition coefficient (Wildman–Crippen LogP) is 2.98. The zero-order valence-corrected chi connectivity index (χ0v) is 9.64. The van der Waals surface area contributed by atoms with Crippen molar-refractivity contribution in [1.82, 2.24) is 10.3 Å². The Labute approximate surface area is 99.6 Å². The molecule has 1 aromatic heterocycles. The fourth-order valence-electron chi connectivity index (χ4n) is 2.14. The number of benzene rings is 1. The molecule has 0 aliphatic carbocycles. The number of aromatic nitrogens is 1. The molecule has 1 aliphatic heterocycles. The first-order valence-corrected chi connectivity index (χ1v) is 5.88. The van der Waals surface area contributed by atoms with Gasteiger partial charge >= 0.3 is 0 Å². The van der Waals surface area contributed by atoms with E-state index < -0.39 is 0 Å². The monoisotopic (exact) mass is 232 g/mol. The van der Waals surface area contributed by atoms with Crippen molar-refractivity contribution in [2.45, 2.75) is 13.0 Å². The van der Waals surface area contributed by atoms with Gasteiger partial charge < -0.3 is 10.3 Å². The van der Waals surface area contributed by atoms with Crippen LogP contribution in [0.5, 0.6) is 0 Å². The van der Waals surface area contributed by atoms with Gasteiger partial charge in [-0.3, -0.25) is 0 Å². The second kappa shape index (κ2) is 3.96. The topological polar surface area (TPSA) is 27.8 Å².